The van der Waals surface area contributed by atoms with Crippen molar-refractivity contribution >= 4 is 5.82 Å². The van der Waals surface area contributed by atoms with E-state index in [9.17, 15) is 4.39 Å². The number of nitrogens with one attached hydrogen (secondary N) is 1. The number of hydrogen-bond donors (Lipinski definition) is 1. The van der Waals surface area contributed by atoms with Crippen LogP contribution < -0.4 is 5.32 Å². The molecule has 5 heteroatoms. The van der Waals surface area contributed by atoms with E-state index in [2.05, 4.69) is 27.1 Å². The summed E-state index contributed by atoms with van der Waals surface area (Å²) >= 11 is 0. The number of hydrogen-bond acceptors (Lipinski definition) is 4. The van der Waals surface area contributed by atoms with Gasteiger partial charge < -0.3 is 10.2 Å². The first-order valence-electron chi connectivity index (χ1n) is 5.74. The number of likely N-dealkylation sites (tertiary alicyclic amines) is 1. The van der Waals surface area contributed by atoms with E-state index in [1.807, 2.05) is 0 Å². The molecule has 1 fully saturated rings. The summed E-state index contributed by atoms with van der Waals surface area (Å²) < 4.78 is 12.8. The van der Waals surface area contributed by atoms with E-state index in [1.165, 1.54) is 12.4 Å². The summed E-state index contributed by atoms with van der Waals surface area (Å²) in [6, 6.07) is 1.74. The molecule has 1 aromatic rings. The van der Waals surface area contributed by atoms with E-state index in [0.717, 1.165) is 32.5 Å². The van der Waals surface area contributed by atoms with Crippen LogP contribution in [0.1, 0.15) is 19.8 Å². The first-order valence-corrected chi connectivity index (χ1v) is 5.74. The van der Waals surface area contributed by atoms with E-state index < -0.39 is 5.95 Å². The molecule has 0 atom stereocenters. The Morgan fingerprint density at radius 2 is 2.19 bits per heavy atom. The second-order valence-electron chi connectivity index (χ2n) is 4.08. The zero-order chi connectivity index (χ0) is 11.4. The van der Waals surface area contributed by atoms with Gasteiger partial charge in [-0.2, -0.15) is 4.39 Å². The molecular formula is C11H17FN4. The molecule has 0 bridgehead atoms. The van der Waals surface area contributed by atoms with Crippen molar-refractivity contribution in [1.82, 2.24) is 14.9 Å². The van der Waals surface area contributed by atoms with Gasteiger partial charge in [-0.1, -0.05) is 6.92 Å². The summed E-state index contributed by atoms with van der Waals surface area (Å²) in [5.41, 5.74) is 0. The van der Waals surface area contributed by atoms with Gasteiger partial charge in [-0.3, -0.25) is 0 Å². The zero-order valence-corrected chi connectivity index (χ0v) is 9.49. The van der Waals surface area contributed by atoms with Crippen LogP contribution in [0.2, 0.25) is 0 Å². The van der Waals surface area contributed by atoms with Crippen LogP contribution in [0.5, 0.6) is 0 Å². The summed E-state index contributed by atoms with van der Waals surface area (Å²) in [4.78, 5) is 9.84. The maximum atomic E-state index is 12.8. The van der Waals surface area contributed by atoms with Crippen LogP contribution in [0.15, 0.2) is 12.4 Å². The third-order valence-corrected chi connectivity index (χ3v) is 3.02. The number of halogens is 1. The molecule has 1 N–H and O–H groups in total. The average molecular weight is 224 g/mol. The van der Waals surface area contributed by atoms with Crippen molar-refractivity contribution < 1.29 is 4.39 Å². The van der Waals surface area contributed by atoms with E-state index in [1.54, 1.807) is 0 Å². The van der Waals surface area contributed by atoms with Crippen LogP contribution in [-0.2, 0) is 0 Å². The molecule has 0 radical (unpaired) electrons. The summed E-state index contributed by atoms with van der Waals surface area (Å²) in [7, 11) is 0. The lowest BCUT2D eigenvalue weighted by atomic mass is 10.1. The first-order chi connectivity index (χ1) is 7.78. The average Bonchev–Trinajstić information content (AvgIpc) is 2.30. The highest BCUT2D eigenvalue weighted by molar-refractivity contribution is 5.33. The summed E-state index contributed by atoms with van der Waals surface area (Å²) in [6.07, 6.45) is 3.41. The summed E-state index contributed by atoms with van der Waals surface area (Å²) in [6.45, 7) is 5.48. The quantitative estimate of drug-likeness (QED) is 0.790. The maximum Gasteiger partial charge on any atom is 0.217 e. The zero-order valence-electron chi connectivity index (χ0n) is 9.49. The Labute approximate surface area is 94.9 Å². The van der Waals surface area contributed by atoms with Gasteiger partial charge in [-0.15, -0.1) is 0 Å². The van der Waals surface area contributed by atoms with Gasteiger partial charge in [0.05, 0.1) is 0 Å². The predicted molar refractivity (Wildman–Crippen MR) is 60.7 cm³/mol. The molecule has 2 heterocycles. The smallest absolute Gasteiger partial charge is 0.217 e. The molecule has 0 aliphatic carbocycles. The molecule has 88 valence electrons. The number of anilines is 1. The highest BCUT2D eigenvalue weighted by Crippen LogP contribution is 2.14. The lowest BCUT2D eigenvalue weighted by Gasteiger charge is -2.31. The molecule has 1 aromatic heterocycles. The second kappa shape index (κ2) is 5.21. The van der Waals surface area contributed by atoms with Gasteiger partial charge in [0, 0.05) is 25.2 Å². The number of rotatable bonds is 3. The Morgan fingerprint density at radius 1 is 1.44 bits per heavy atom. The molecule has 1 saturated heterocycles. The highest BCUT2D eigenvalue weighted by atomic mass is 19.1. The third kappa shape index (κ3) is 2.88. The molecule has 0 unspecified atom stereocenters. The molecule has 0 spiro atoms. The van der Waals surface area contributed by atoms with Gasteiger partial charge in [-0.25, -0.2) is 9.97 Å². The molecule has 0 aromatic carbocycles. The Hall–Kier alpha value is -1.23. The maximum absolute atomic E-state index is 12.8. The van der Waals surface area contributed by atoms with Crippen molar-refractivity contribution in [3.63, 3.8) is 0 Å². The van der Waals surface area contributed by atoms with Gasteiger partial charge in [-0.05, 0) is 19.4 Å². The van der Waals surface area contributed by atoms with Crippen LogP contribution in [-0.4, -0.2) is 40.5 Å². The predicted octanol–water partition coefficient (Wildman–Crippen LogP) is 1.51. The third-order valence-electron chi connectivity index (χ3n) is 3.02. The minimum absolute atomic E-state index is 0.400. The molecule has 1 aliphatic heterocycles. The minimum Gasteiger partial charge on any atom is -0.367 e. The number of aromatic nitrogens is 2. The van der Waals surface area contributed by atoms with Crippen LogP contribution >= 0.6 is 0 Å². The second-order valence-corrected chi connectivity index (χ2v) is 4.08. The fourth-order valence-electron chi connectivity index (χ4n) is 2.02. The Kier molecular flexibility index (Phi) is 3.66. The minimum atomic E-state index is -0.483. The number of nitrogens with zero attached hydrogens (tertiary/aromatic N) is 3. The van der Waals surface area contributed by atoms with Gasteiger partial charge >= 0.3 is 0 Å². The summed E-state index contributed by atoms with van der Waals surface area (Å²) in [5, 5.41) is 3.25. The number of piperidine rings is 1. The van der Waals surface area contributed by atoms with E-state index >= 15 is 0 Å². The normalized spacial score (nSPS) is 18.6. The molecule has 1 aliphatic rings. The van der Waals surface area contributed by atoms with E-state index in [0.29, 0.717) is 11.9 Å². The van der Waals surface area contributed by atoms with Crippen molar-refractivity contribution in [2.45, 2.75) is 25.8 Å². The summed E-state index contributed by atoms with van der Waals surface area (Å²) in [5.74, 6) is 0.103. The lowest BCUT2D eigenvalue weighted by Crippen LogP contribution is -2.39. The van der Waals surface area contributed by atoms with Crippen molar-refractivity contribution in [1.29, 1.82) is 0 Å². The van der Waals surface area contributed by atoms with Crippen molar-refractivity contribution in [3.8, 4) is 0 Å². The van der Waals surface area contributed by atoms with Gasteiger partial charge in [0.2, 0.25) is 5.95 Å². The van der Waals surface area contributed by atoms with E-state index in [-0.39, 0.29) is 0 Å². The standard InChI is InChI=1S/C11H17FN4/c1-2-16-5-3-9(4-6-16)15-11-7-10(12)13-8-14-11/h7-9H,2-6H2,1H3,(H,13,14,15). The first kappa shape index (κ1) is 11.3. The van der Waals surface area contributed by atoms with Crippen LogP contribution in [0.25, 0.3) is 0 Å². The molecule has 0 amide bonds. The Balaban J connectivity index is 1.87. The SMILES string of the molecule is CCN1CCC(Nc2cc(F)ncn2)CC1. The van der Waals surface area contributed by atoms with Gasteiger partial charge in [0.15, 0.2) is 0 Å². The van der Waals surface area contributed by atoms with Crippen molar-refractivity contribution in [2.24, 2.45) is 0 Å². The molecule has 0 saturated carbocycles. The van der Waals surface area contributed by atoms with Crippen LogP contribution in [0, 0.1) is 5.95 Å². The molecule has 16 heavy (non-hydrogen) atoms. The molecule has 4 nitrogen and oxygen atoms in total. The van der Waals surface area contributed by atoms with Gasteiger partial charge in [0.1, 0.15) is 12.1 Å². The van der Waals surface area contributed by atoms with Crippen molar-refractivity contribution in [2.75, 3.05) is 25.0 Å². The molecular weight excluding hydrogens is 207 g/mol. The topological polar surface area (TPSA) is 41.0 Å². The van der Waals surface area contributed by atoms with Gasteiger partial charge in [0.25, 0.3) is 0 Å². The Bertz CT molecular complexity index is 337. The van der Waals surface area contributed by atoms with Crippen LogP contribution in [0.4, 0.5) is 10.2 Å². The van der Waals surface area contributed by atoms with Crippen LogP contribution in [0.3, 0.4) is 0 Å². The lowest BCUT2D eigenvalue weighted by molar-refractivity contribution is 0.229. The highest BCUT2D eigenvalue weighted by Gasteiger charge is 2.18. The Morgan fingerprint density at radius 3 is 2.81 bits per heavy atom. The van der Waals surface area contributed by atoms with Crippen molar-refractivity contribution in [3.05, 3.63) is 18.3 Å². The fourth-order valence-corrected chi connectivity index (χ4v) is 2.02. The largest absolute Gasteiger partial charge is 0.367 e. The fraction of sp³-hybridized carbons (Fsp3) is 0.636. The monoisotopic (exact) mass is 224 g/mol. The molecule has 2 rings (SSSR count). The van der Waals surface area contributed by atoms with E-state index in [4.69, 9.17) is 0 Å².